The molecule has 0 unspecified atom stereocenters. The van der Waals surface area contributed by atoms with E-state index in [1.165, 1.54) is 0 Å². The summed E-state index contributed by atoms with van der Waals surface area (Å²) in [6.07, 6.45) is 3.80. The molecular formula is C33H39NO6S. The van der Waals surface area contributed by atoms with Crippen LogP contribution >= 0.6 is 11.8 Å². The first-order valence-electron chi connectivity index (χ1n) is 14.3. The number of rotatable bonds is 15. The van der Waals surface area contributed by atoms with Crippen molar-refractivity contribution in [3.05, 3.63) is 83.9 Å². The number of carbonyl (C=O) groups excluding carboxylic acids is 2. The summed E-state index contributed by atoms with van der Waals surface area (Å²) in [5.74, 6) is 2.60. The number of unbranched alkanes of at least 4 members (excludes halogenated alkanes) is 1. The lowest BCUT2D eigenvalue weighted by Crippen LogP contribution is -2.32. The van der Waals surface area contributed by atoms with Crippen molar-refractivity contribution in [2.24, 2.45) is 0 Å². The van der Waals surface area contributed by atoms with Crippen LogP contribution in [0.2, 0.25) is 0 Å². The third kappa shape index (κ3) is 8.43. The zero-order chi connectivity index (χ0) is 29.0. The minimum atomic E-state index is -0.277. The molecule has 1 fully saturated rings. The highest BCUT2D eigenvalue weighted by atomic mass is 32.2. The highest BCUT2D eigenvalue weighted by Gasteiger charge is 2.40. The molecule has 0 radical (unpaired) electrons. The molecule has 0 spiro atoms. The quantitative estimate of drug-likeness (QED) is 0.140. The summed E-state index contributed by atoms with van der Waals surface area (Å²) in [6, 6.07) is 23.2. The van der Waals surface area contributed by atoms with Crippen LogP contribution in [0, 0.1) is 0 Å². The number of ether oxygens (including phenoxy) is 4. The van der Waals surface area contributed by atoms with Crippen molar-refractivity contribution in [1.82, 2.24) is 4.90 Å². The lowest BCUT2D eigenvalue weighted by Gasteiger charge is -2.24. The van der Waals surface area contributed by atoms with Gasteiger partial charge < -0.3 is 23.8 Å². The molecule has 8 heteroatoms. The topological polar surface area (TPSA) is 74.3 Å². The number of para-hydroxylation sites is 1. The van der Waals surface area contributed by atoms with E-state index in [-0.39, 0.29) is 28.9 Å². The zero-order valence-electron chi connectivity index (χ0n) is 24.0. The van der Waals surface area contributed by atoms with Gasteiger partial charge in [-0.1, -0.05) is 56.2 Å². The summed E-state index contributed by atoms with van der Waals surface area (Å²) in [4.78, 5) is 27.3. The van der Waals surface area contributed by atoms with Crippen LogP contribution in [0.1, 0.15) is 56.0 Å². The van der Waals surface area contributed by atoms with Gasteiger partial charge >= 0.3 is 5.97 Å². The van der Waals surface area contributed by atoms with Crippen LogP contribution < -0.4 is 14.2 Å². The predicted octanol–water partition coefficient (Wildman–Crippen LogP) is 7.20. The van der Waals surface area contributed by atoms with E-state index in [1.807, 2.05) is 65.6 Å². The van der Waals surface area contributed by atoms with Gasteiger partial charge in [0.2, 0.25) is 5.91 Å². The van der Waals surface area contributed by atoms with Gasteiger partial charge in [0.15, 0.2) is 11.5 Å². The largest absolute Gasteiger partial charge is 0.493 e. The van der Waals surface area contributed by atoms with Gasteiger partial charge in [0.1, 0.15) is 16.9 Å². The van der Waals surface area contributed by atoms with Gasteiger partial charge in [0, 0.05) is 6.54 Å². The van der Waals surface area contributed by atoms with Gasteiger partial charge in [-0.05, 0) is 67.3 Å². The molecule has 1 heterocycles. The molecule has 3 aromatic rings. The minimum absolute atomic E-state index is 0.0494. The van der Waals surface area contributed by atoms with E-state index >= 15 is 0 Å². The summed E-state index contributed by atoms with van der Waals surface area (Å²) >= 11 is 1.73. The Kier molecular flexibility index (Phi) is 11.4. The van der Waals surface area contributed by atoms with Crippen molar-refractivity contribution >= 4 is 23.6 Å². The molecule has 0 saturated carbocycles. The summed E-state index contributed by atoms with van der Waals surface area (Å²) in [5.41, 5.74) is 1.85. The third-order valence-corrected chi connectivity index (χ3v) is 8.31. The van der Waals surface area contributed by atoms with E-state index in [0.717, 1.165) is 41.9 Å². The number of thioether (sulfide) groups is 1. The molecule has 218 valence electrons. The molecule has 2 atom stereocenters. The van der Waals surface area contributed by atoms with Crippen molar-refractivity contribution in [3.63, 3.8) is 0 Å². The molecule has 0 N–H and O–H groups in total. The van der Waals surface area contributed by atoms with E-state index in [9.17, 15) is 9.59 Å². The van der Waals surface area contributed by atoms with E-state index in [1.54, 1.807) is 31.9 Å². The Morgan fingerprint density at radius 3 is 2.49 bits per heavy atom. The standard InChI is InChI=1S/C33H39NO6S/c1-4-6-16-30-32(36)34(33(41-30)25-12-10-15-27(23-25)40-26-13-8-7-9-14-26)19-11-20-39-28-18-17-24(21-29(28)37-3)22-31(35)38-5-2/h7-10,12-15,17-18,21,23,30,33H,4-6,11,16,19-20,22H2,1-3H3/t30-,33-/m1/s1. The summed E-state index contributed by atoms with van der Waals surface area (Å²) in [7, 11) is 1.58. The van der Waals surface area contributed by atoms with Crippen molar-refractivity contribution in [3.8, 4) is 23.0 Å². The second-order valence-corrected chi connectivity index (χ2v) is 11.1. The number of hydrogen-bond donors (Lipinski definition) is 0. The number of esters is 1. The van der Waals surface area contributed by atoms with E-state index in [2.05, 4.69) is 13.0 Å². The van der Waals surface area contributed by atoms with Crippen molar-refractivity contribution < 1.29 is 28.5 Å². The van der Waals surface area contributed by atoms with Gasteiger partial charge in [0.25, 0.3) is 0 Å². The number of benzene rings is 3. The second-order valence-electron chi connectivity index (χ2n) is 9.81. The van der Waals surface area contributed by atoms with Gasteiger partial charge in [-0.2, -0.15) is 0 Å². The molecular weight excluding hydrogens is 538 g/mol. The molecule has 1 amide bonds. The molecule has 3 aromatic carbocycles. The van der Waals surface area contributed by atoms with Crippen LogP contribution in [0.3, 0.4) is 0 Å². The highest BCUT2D eigenvalue weighted by molar-refractivity contribution is 8.01. The van der Waals surface area contributed by atoms with E-state index < -0.39 is 0 Å². The summed E-state index contributed by atoms with van der Waals surface area (Å²) < 4.78 is 22.7. The fourth-order valence-electron chi connectivity index (χ4n) is 4.75. The maximum absolute atomic E-state index is 13.5. The Labute approximate surface area is 247 Å². The smallest absolute Gasteiger partial charge is 0.310 e. The molecule has 41 heavy (non-hydrogen) atoms. The maximum atomic E-state index is 13.5. The molecule has 0 aliphatic carbocycles. The van der Waals surface area contributed by atoms with Gasteiger partial charge in [-0.25, -0.2) is 0 Å². The van der Waals surface area contributed by atoms with Crippen molar-refractivity contribution in [2.75, 3.05) is 26.9 Å². The predicted molar refractivity (Wildman–Crippen MR) is 162 cm³/mol. The average molecular weight is 578 g/mol. The Morgan fingerprint density at radius 1 is 0.927 bits per heavy atom. The number of amides is 1. The SMILES string of the molecule is CCCC[C@H]1S[C@H](c2cccc(Oc3ccccc3)c2)N(CCCOc2ccc(CC(=O)OCC)cc2OC)C1=O. The first kappa shape index (κ1) is 30.3. The van der Waals surface area contributed by atoms with Crippen LogP contribution in [-0.2, 0) is 20.7 Å². The monoisotopic (exact) mass is 577 g/mol. The van der Waals surface area contributed by atoms with Crippen LogP contribution in [-0.4, -0.2) is 48.9 Å². The Bertz CT molecular complexity index is 1280. The Hall–Kier alpha value is -3.65. The zero-order valence-corrected chi connectivity index (χ0v) is 24.9. The molecule has 0 bridgehead atoms. The normalized spacial score (nSPS) is 16.5. The lowest BCUT2D eigenvalue weighted by molar-refractivity contribution is -0.142. The molecule has 1 saturated heterocycles. The van der Waals surface area contributed by atoms with Crippen molar-refractivity contribution in [1.29, 1.82) is 0 Å². The number of nitrogens with zero attached hydrogens (tertiary/aromatic N) is 1. The van der Waals surface area contributed by atoms with Gasteiger partial charge in [0.05, 0.1) is 32.0 Å². The van der Waals surface area contributed by atoms with Gasteiger partial charge in [-0.3, -0.25) is 9.59 Å². The maximum Gasteiger partial charge on any atom is 0.310 e. The number of methoxy groups -OCH3 is 1. The number of carbonyl (C=O) groups is 2. The van der Waals surface area contributed by atoms with Crippen LogP contribution in [0.15, 0.2) is 72.8 Å². The average Bonchev–Trinajstić information content (AvgIpc) is 3.30. The fourth-order valence-corrected chi connectivity index (χ4v) is 6.27. The molecule has 0 aromatic heterocycles. The lowest BCUT2D eigenvalue weighted by atomic mass is 10.1. The van der Waals surface area contributed by atoms with Crippen LogP contribution in [0.4, 0.5) is 0 Å². The first-order valence-corrected chi connectivity index (χ1v) is 15.2. The first-order chi connectivity index (χ1) is 20.0. The molecule has 7 nitrogen and oxygen atoms in total. The second kappa shape index (κ2) is 15.4. The summed E-state index contributed by atoms with van der Waals surface area (Å²) in [6.45, 7) is 5.29. The molecule has 1 aliphatic rings. The minimum Gasteiger partial charge on any atom is -0.493 e. The highest BCUT2D eigenvalue weighted by Crippen LogP contribution is 2.45. The number of hydrogen-bond acceptors (Lipinski definition) is 7. The molecule has 4 rings (SSSR count). The van der Waals surface area contributed by atoms with E-state index in [0.29, 0.717) is 37.7 Å². The van der Waals surface area contributed by atoms with Crippen LogP contribution in [0.25, 0.3) is 0 Å². The van der Waals surface area contributed by atoms with Gasteiger partial charge in [-0.15, -0.1) is 11.8 Å². The van der Waals surface area contributed by atoms with E-state index in [4.69, 9.17) is 18.9 Å². The van der Waals surface area contributed by atoms with Crippen LogP contribution in [0.5, 0.6) is 23.0 Å². The summed E-state index contributed by atoms with van der Waals surface area (Å²) in [5, 5.41) is -0.132. The Balaban J connectivity index is 1.40. The van der Waals surface area contributed by atoms with Crippen molar-refractivity contribution in [2.45, 2.75) is 56.6 Å². The Morgan fingerprint density at radius 2 is 1.73 bits per heavy atom. The fraction of sp³-hybridized carbons (Fsp3) is 0.394. The third-order valence-electron chi connectivity index (χ3n) is 6.76. The molecule has 1 aliphatic heterocycles.